The average molecular weight is 450 g/mol. The molecule has 166 valence electrons. The van der Waals surface area contributed by atoms with E-state index in [2.05, 4.69) is 5.32 Å². The highest BCUT2D eigenvalue weighted by Crippen LogP contribution is 2.43. The van der Waals surface area contributed by atoms with E-state index < -0.39 is 11.6 Å². The Kier molecular flexibility index (Phi) is 5.67. The Bertz CT molecular complexity index is 1030. The van der Waals surface area contributed by atoms with Crippen LogP contribution in [0, 0.1) is 0 Å². The topological polar surface area (TPSA) is 69.7 Å². The number of thioether (sulfide) groups is 1. The lowest BCUT2D eigenvalue weighted by Gasteiger charge is -2.37. The lowest BCUT2D eigenvalue weighted by molar-refractivity contribution is -0.134. The van der Waals surface area contributed by atoms with Crippen molar-refractivity contribution in [2.75, 3.05) is 17.2 Å². The zero-order valence-electron chi connectivity index (χ0n) is 18.0. The van der Waals surface area contributed by atoms with Crippen molar-refractivity contribution in [1.82, 2.24) is 10.2 Å². The molecule has 2 aromatic rings. The van der Waals surface area contributed by atoms with Crippen LogP contribution in [0.5, 0.6) is 0 Å². The smallest absolute Gasteiger partial charge is 0.323 e. The van der Waals surface area contributed by atoms with Crippen LogP contribution >= 0.6 is 11.8 Å². The van der Waals surface area contributed by atoms with Crippen molar-refractivity contribution in [1.29, 1.82) is 0 Å². The number of nitrogens with zero attached hydrogens (tertiary/aromatic N) is 2. The molecular weight excluding hydrogens is 422 g/mol. The van der Waals surface area contributed by atoms with Crippen molar-refractivity contribution >= 4 is 35.3 Å². The van der Waals surface area contributed by atoms with Gasteiger partial charge in [-0.2, -0.15) is 0 Å². The van der Waals surface area contributed by atoms with Crippen LogP contribution in [-0.2, 0) is 9.59 Å². The first-order valence-electron chi connectivity index (χ1n) is 11.3. The van der Waals surface area contributed by atoms with Gasteiger partial charge in [0.15, 0.2) is 0 Å². The van der Waals surface area contributed by atoms with Gasteiger partial charge in [0.25, 0.3) is 5.91 Å². The molecule has 32 heavy (non-hydrogen) atoms. The minimum absolute atomic E-state index is 0.156. The Morgan fingerprint density at radius 2 is 1.66 bits per heavy atom. The molecule has 2 fully saturated rings. The predicted molar refractivity (Wildman–Crippen MR) is 125 cm³/mol. The molecule has 2 aliphatic heterocycles. The van der Waals surface area contributed by atoms with E-state index in [1.807, 2.05) is 54.6 Å². The average Bonchev–Trinajstić information content (AvgIpc) is 2.97. The van der Waals surface area contributed by atoms with Crippen molar-refractivity contribution in [3.05, 3.63) is 60.2 Å². The second-order valence-electron chi connectivity index (χ2n) is 8.79. The highest BCUT2D eigenvalue weighted by Gasteiger charge is 2.51. The highest BCUT2D eigenvalue weighted by molar-refractivity contribution is 7.99. The summed E-state index contributed by atoms with van der Waals surface area (Å²) in [7, 11) is 0. The van der Waals surface area contributed by atoms with E-state index >= 15 is 0 Å². The second kappa shape index (κ2) is 8.62. The van der Waals surface area contributed by atoms with Crippen molar-refractivity contribution in [3.63, 3.8) is 0 Å². The quantitative estimate of drug-likeness (QED) is 0.700. The molecule has 1 atom stereocenters. The van der Waals surface area contributed by atoms with Gasteiger partial charge in [0.1, 0.15) is 12.1 Å². The SMILES string of the molecule is O=C1NC2(CCCCCC2)C(=O)N1CC(=O)N1c2ccccc2SC[C@H]1c1ccccc1. The number of fused-ring (bicyclic) bond motifs is 1. The molecular formula is C25H27N3O3S. The van der Waals surface area contributed by atoms with Crippen LogP contribution < -0.4 is 10.2 Å². The summed E-state index contributed by atoms with van der Waals surface area (Å²) in [5.41, 5.74) is 1.04. The number of hydrogen-bond donors (Lipinski definition) is 1. The molecule has 0 radical (unpaired) electrons. The first-order valence-corrected chi connectivity index (χ1v) is 12.3. The standard InChI is InChI=1S/C25H27N3O3S/c29-22(16-27-23(30)25(26-24(27)31)14-8-1-2-9-15-25)28-19-12-6-7-13-21(19)32-17-20(28)18-10-4-3-5-11-18/h3-7,10-13,20H,1-2,8-9,14-17H2,(H,26,31)/t20-/m0/s1. The van der Waals surface area contributed by atoms with E-state index in [1.54, 1.807) is 16.7 Å². The molecule has 6 nitrogen and oxygen atoms in total. The zero-order chi connectivity index (χ0) is 22.1. The molecule has 0 bridgehead atoms. The number of amides is 4. The lowest BCUT2D eigenvalue weighted by atomic mass is 9.90. The van der Waals surface area contributed by atoms with Gasteiger partial charge in [-0.3, -0.25) is 14.5 Å². The van der Waals surface area contributed by atoms with Crippen LogP contribution in [0.1, 0.15) is 50.1 Å². The van der Waals surface area contributed by atoms with Crippen LogP contribution in [0.3, 0.4) is 0 Å². The Labute approximate surface area is 192 Å². The van der Waals surface area contributed by atoms with E-state index in [0.29, 0.717) is 12.8 Å². The van der Waals surface area contributed by atoms with Gasteiger partial charge in [-0.25, -0.2) is 4.79 Å². The van der Waals surface area contributed by atoms with Crippen molar-refractivity contribution in [2.24, 2.45) is 0 Å². The number of anilines is 1. The fourth-order valence-corrected chi connectivity index (χ4v) is 6.29. The van der Waals surface area contributed by atoms with E-state index in [1.165, 1.54) is 0 Å². The molecule has 1 spiro atoms. The summed E-state index contributed by atoms with van der Waals surface area (Å²) in [4.78, 5) is 43.8. The van der Waals surface area contributed by atoms with Gasteiger partial charge in [0, 0.05) is 10.6 Å². The van der Waals surface area contributed by atoms with Crippen LogP contribution in [0.15, 0.2) is 59.5 Å². The molecule has 5 rings (SSSR count). The largest absolute Gasteiger partial charge is 0.325 e. The third kappa shape index (κ3) is 3.68. The van der Waals surface area contributed by atoms with Crippen LogP contribution in [-0.4, -0.2) is 40.6 Å². The number of urea groups is 1. The van der Waals surface area contributed by atoms with Crippen LogP contribution in [0.25, 0.3) is 0 Å². The number of carbonyl (C=O) groups excluding carboxylic acids is 3. The molecule has 1 N–H and O–H groups in total. The van der Waals surface area contributed by atoms with Gasteiger partial charge in [-0.1, -0.05) is 68.1 Å². The molecule has 7 heteroatoms. The highest BCUT2D eigenvalue weighted by atomic mass is 32.2. The molecule has 4 amide bonds. The fourth-order valence-electron chi connectivity index (χ4n) is 5.12. The van der Waals surface area contributed by atoms with Crippen molar-refractivity contribution < 1.29 is 14.4 Å². The van der Waals surface area contributed by atoms with E-state index in [4.69, 9.17) is 0 Å². The monoisotopic (exact) mass is 449 g/mol. The van der Waals surface area contributed by atoms with Gasteiger partial charge in [0.05, 0.1) is 11.7 Å². The molecule has 0 aromatic heterocycles. The van der Waals surface area contributed by atoms with E-state index in [-0.39, 0.29) is 24.4 Å². The molecule has 2 heterocycles. The molecule has 1 saturated carbocycles. The number of nitrogens with one attached hydrogen (secondary N) is 1. The lowest BCUT2D eigenvalue weighted by Crippen LogP contribution is -2.48. The molecule has 0 unspecified atom stereocenters. The van der Waals surface area contributed by atoms with Gasteiger partial charge < -0.3 is 10.2 Å². The van der Waals surface area contributed by atoms with Crippen LogP contribution in [0.2, 0.25) is 0 Å². The zero-order valence-corrected chi connectivity index (χ0v) is 18.8. The van der Waals surface area contributed by atoms with Crippen LogP contribution in [0.4, 0.5) is 10.5 Å². The van der Waals surface area contributed by atoms with E-state index in [9.17, 15) is 14.4 Å². The molecule has 3 aliphatic rings. The van der Waals surface area contributed by atoms with Gasteiger partial charge >= 0.3 is 6.03 Å². The summed E-state index contributed by atoms with van der Waals surface area (Å²) in [5, 5.41) is 2.94. The number of carbonyl (C=O) groups is 3. The minimum Gasteiger partial charge on any atom is -0.323 e. The first-order chi connectivity index (χ1) is 15.6. The number of imide groups is 1. The summed E-state index contributed by atoms with van der Waals surface area (Å²) in [5.74, 6) is 0.242. The number of rotatable bonds is 3. The maximum Gasteiger partial charge on any atom is 0.325 e. The van der Waals surface area contributed by atoms with Crippen molar-refractivity contribution in [2.45, 2.75) is 55.0 Å². The third-order valence-electron chi connectivity index (χ3n) is 6.78. The Hall–Kier alpha value is -2.80. The Balaban J connectivity index is 1.44. The van der Waals surface area contributed by atoms with E-state index in [0.717, 1.165) is 52.5 Å². The summed E-state index contributed by atoms with van der Waals surface area (Å²) < 4.78 is 0. The fraction of sp³-hybridized carbons (Fsp3) is 0.400. The normalized spacial score (nSPS) is 22.4. The Morgan fingerprint density at radius 1 is 0.969 bits per heavy atom. The van der Waals surface area contributed by atoms with Gasteiger partial charge in [-0.15, -0.1) is 11.8 Å². The summed E-state index contributed by atoms with van der Waals surface area (Å²) in [6.07, 6.45) is 5.28. The summed E-state index contributed by atoms with van der Waals surface area (Å²) in [6, 6.07) is 17.2. The molecule has 1 saturated heterocycles. The second-order valence-corrected chi connectivity index (χ2v) is 9.85. The minimum atomic E-state index is -0.831. The summed E-state index contributed by atoms with van der Waals surface area (Å²) >= 11 is 1.72. The number of hydrogen-bond acceptors (Lipinski definition) is 4. The van der Waals surface area contributed by atoms with Gasteiger partial charge in [0.2, 0.25) is 5.91 Å². The van der Waals surface area contributed by atoms with Crippen molar-refractivity contribution in [3.8, 4) is 0 Å². The number of para-hydroxylation sites is 1. The maximum atomic E-state index is 13.7. The predicted octanol–water partition coefficient (Wildman–Crippen LogP) is 4.51. The molecule has 2 aromatic carbocycles. The summed E-state index contributed by atoms with van der Waals surface area (Å²) in [6.45, 7) is -0.241. The third-order valence-corrected chi connectivity index (χ3v) is 7.92. The first kappa shape index (κ1) is 21.1. The maximum absolute atomic E-state index is 13.7. The van der Waals surface area contributed by atoms with Gasteiger partial charge in [-0.05, 0) is 30.5 Å². The Morgan fingerprint density at radius 3 is 2.41 bits per heavy atom. The molecule has 1 aliphatic carbocycles. The number of benzene rings is 2.